The van der Waals surface area contributed by atoms with Crippen molar-refractivity contribution in [2.45, 2.75) is 38.6 Å². The first-order valence-electron chi connectivity index (χ1n) is 10.6. The number of amides is 1. The van der Waals surface area contributed by atoms with E-state index in [4.69, 9.17) is 4.98 Å². The van der Waals surface area contributed by atoms with Crippen molar-refractivity contribution < 1.29 is 4.79 Å². The van der Waals surface area contributed by atoms with Crippen LogP contribution in [-0.2, 0) is 11.2 Å². The Bertz CT molecular complexity index is 1190. The van der Waals surface area contributed by atoms with Gasteiger partial charge in [0.15, 0.2) is 0 Å². The molecule has 1 fully saturated rings. The van der Waals surface area contributed by atoms with Crippen LogP contribution in [0.25, 0.3) is 28.0 Å². The highest BCUT2D eigenvalue weighted by Crippen LogP contribution is 2.28. The van der Waals surface area contributed by atoms with E-state index in [0.29, 0.717) is 18.9 Å². The number of nitrogens with zero attached hydrogens (tertiary/aromatic N) is 2. The van der Waals surface area contributed by atoms with Crippen LogP contribution in [0.1, 0.15) is 30.5 Å². The van der Waals surface area contributed by atoms with Gasteiger partial charge in [0.05, 0.1) is 11.4 Å². The van der Waals surface area contributed by atoms with Gasteiger partial charge in [0.1, 0.15) is 5.65 Å². The number of fused-ring (bicyclic) bond motifs is 1. The normalized spacial score (nSPS) is 13.5. The lowest BCUT2D eigenvalue weighted by molar-refractivity contribution is -0.121. The average molecular weight is 396 g/mol. The molecule has 2 heterocycles. The summed E-state index contributed by atoms with van der Waals surface area (Å²) in [4.78, 5) is 17.3. The van der Waals surface area contributed by atoms with Gasteiger partial charge in [-0.1, -0.05) is 60.2 Å². The summed E-state index contributed by atoms with van der Waals surface area (Å²) in [6.45, 7) is 2.09. The van der Waals surface area contributed by atoms with E-state index in [1.165, 1.54) is 11.1 Å². The number of aromatic nitrogens is 2. The van der Waals surface area contributed by atoms with E-state index in [2.05, 4.69) is 71.4 Å². The molecular formula is C26H25N3O. The molecule has 0 aliphatic heterocycles. The lowest BCUT2D eigenvalue weighted by Crippen LogP contribution is -2.25. The molecule has 1 saturated carbocycles. The molecule has 1 aliphatic rings. The second-order valence-corrected chi connectivity index (χ2v) is 8.13. The van der Waals surface area contributed by atoms with Crippen molar-refractivity contribution in [1.29, 1.82) is 0 Å². The first-order valence-corrected chi connectivity index (χ1v) is 10.6. The van der Waals surface area contributed by atoms with Crippen LogP contribution in [0.4, 0.5) is 0 Å². The topological polar surface area (TPSA) is 46.4 Å². The van der Waals surface area contributed by atoms with Crippen LogP contribution in [0, 0.1) is 6.92 Å². The van der Waals surface area contributed by atoms with E-state index in [1.54, 1.807) is 0 Å². The number of rotatable bonds is 6. The van der Waals surface area contributed by atoms with Crippen molar-refractivity contribution >= 4 is 11.6 Å². The molecule has 2 aromatic heterocycles. The number of imidazole rings is 1. The maximum Gasteiger partial charge on any atom is 0.220 e. The lowest BCUT2D eigenvalue weighted by Gasteiger charge is -2.08. The Morgan fingerprint density at radius 3 is 2.43 bits per heavy atom. The SMILES string of the molecule is Cc1ccc(-c2nc3ccc(-c4ccccc4)cn3c2CCC(=O)NC2CC2)cc1. The van der Waals surface area contributed by atoms with Crippen molar-refractivity contribution in [2.24, 2.45) is 0 Å². The third kappa shape index (κ3) is 3.86. The molecule has 0 bridgehead atoms. The van der Waals surface area contributed by atoms with Gasteiger partial charge < -0.3 is 9.72 Å². The van der Waals surface area contributed by atoms with Crippen LogP contribution < -0.4 is 5.32 Å². The molecule has 0 saturated heterocycles. The van der Waals surface area contributed by atoms with Crippen molar-refractivity contribution in [3.8, 4) is 22.4 Å². The van der Waals surface area contributed by atoms with Gasteiger partial charge in [-0.15, -0.1) is 0 Å². The van der Waals surface area contributed by atoms with Gasteiger partial charge in [-0.25, -0.2) is 4.98 Å². The Morgan fingerprint density at radius 1 is 0.967 bits per heavy atom. The quantitative estimate of drug-likeness (QED) is 0.488. The van der Waals surface area contributed by atoms with Gasteiger partial charge in [0.25, 0.3) is 0 Å². The summed E-state index contributed by atoms with van der Waals surface area (Å²) in [7, 11) is 0. The third-order valence-electron chi connectivity index (χ3n) is 5.68. The minimum atomic E-state index is 0.126. The van der Waals surface area contributed by atoms with Gasteiger partial charge >= 0.3 is 0 Å². The zero-order valence-electron chi connectivity index (χ0n) is 17.1. The molecule has 4 heteroatoms. The van der Waals surface area contributed by atoms with Gasteiger partial charge in [-0.3, -0.25) is 4.79 Å². The monoisotopic (exact) mass is 395 g/mol. The van der Waals surface area contributed by atoms with Crippen molar-refractivity contribution in [1.82, 2.24) is 14.7 Å². The molecule has 4 nitrogen and oxygen atoms in total. The maximum absolute atomic E-state index is 12.4. The molecular weight excluding hydrogens is 370 g/mol. The second-order valence-electron chi connectivity index (χ2n) is 8.13. The molecule has 0 atom stereocenters. The van der Waals surface area contributed by atoms with Crippen molar-refractivity contribution in [3.05, 3.63) is 84.2 Å². The summed E-state index contributed by atoms with van der Waals surface area (Å²) in [6.07, 6.45) is 5.48. The van der Waals surface area contributed by atoms with Gasteiger partial charge in [0.2, 0.25) is 5.91 Å². The molecule has 2 aromatic carbocycles. The third-order valence-corrected chi connectivity index (χ3v) is 5.68. The van der Waals surface area contributed by atoms with Gasteiger partial charge in [-0.2, -0.15) is 0 Å². The van der Waals surface area contributed by atoms with Crippen LogP contribution >= 0.6 is 0 Å². The summed E-state index contributed by atoms with van der Waals surface area (Å²) in [5.74, 6) is 0.126. The molecule has 150 valence electrons. The Balaban J connectivity index is 1.56. The minimum Gasteiger partial charge on any atom is -0.353 e. The summed E-state index contributed by atoms with van der Waals surface area (Å²) in [6, 6.07) is 23.4. The number of carbonyl (C=O) groups is 1. The highest BCUT2D eigenvalue weighted by Gasteiger charge is 2.23. The fraction of sp³-hybridized carbons (Fsp3) is 0.231. The van der Waals surface area contributed by atoms with E-state index in [1.807, 2.05) is 18.2 Å². The highest BCUT2D eigenvalue weighted by molar-refractivity contribution is 5.77. The number of carbonyl (C=O) groups excluding carboxylic acids is 1. The van der Waals surface area contributed by atoms with E-state index in [-0.39, 0.29) is 5.91 Å². The van der Waals surface area contributed by atoms with Crippen molar-refractivity contribution in [2.75, 3.05) is 0 Å². The molecule has 0 unspecified atom stereocenters. The Kier molecular flexibility index (Phi) is 4.83. The Morgan fingerprint density at radius 2 is 1.70 bits per heavy atom. The summed E-state index contributed by atoms with van der Waals surface area (Å²) in [5.41, 5.74) is 7.56. The number of benzene rings is 2. The summed E-state index contributed by atoms with van der Waals surface area (Å²) < 4.78 is 2.15. The zero-order chi connectivity index (χ0) is 20.5. The number of pyridine rings is 1. The number of hydrogen-bond donors (Lipinski definition) is 1. The maximum atomic E-state index is 12.4. The molecule has 30 heavy (non-hydrogen) atoms. The van der Waals surface area contributed by atoms with E-state index in [9.17, 15) is 4.79 Å². The van der Waals surface area contributed by atoms with E-state index >= 15 is 0 Å². The summed E-state index contributed by atoms with van der Waals surface area (Å²) >= 11 is 0. The molecule has 0 radical (unpaired) electrons. The fourth-order valence-electron chi connectivity index (χ4n) is 3.84. The predicted octanol–water partition coefficient (Wildman–Crippen LogP) is 5.19. The summed E-state index contributed by atoms with van der Waals surface area (Å²) in [5, 5.41) is 3.10. The molecule has 0 spiro atoms. The Labute approximate surface area is 176 Å². The first-order chi connectivity index (χ1) is 14.7. The average Bonchev–Trinajstić information content (AvgIpc) is 3.51. The minimum absolute atomic E-state index is 0.126. The predicted molar refractivity (Wildman–Crippen MR) is 120 cm³/mol. The van der Waals surface area contributed by atoms with Crippen LogP contribution in [-0.4, -0.2) is 21.3 Å². The Hall–Kier alpha value is -3.40. The molecule has 1 amide bonds. The smallest absolute Gasteiger partial charge is 0.220 e. The number of aryl methyl sites for hydroxylation is 2. The first kappa shape index (κ1) is 18.6. The van der Waals surface area contributed by atoms with E-state index in [0.717, 1.165) is 41.0 Å². The van der Waals surface area contributed by atoms with Crippen LogP contribution in [0.15, 0.2) is 72.9 Å². The molecule has 5 rings (SSSR count). The second kappa shape index (κ2) is 7.79. The van der Waals surface area contributed by atoms with Crippen LogP contribution in [0.3, 0.4) is 0 Å². The molecule has 1 aliphatic carbocycles. The van der Waals surface area contributed by atoms with Crippen LogP contribution in [0.5, 0.6) is 0 Å². The molecule has 4 aromatic rings. The van der Waals surface area contributed by atoms with E-state index < -0.39 is 0 Å². The van der Waals surface area contributed by atoms with Gasteiger partial charge in [-0.05, 0) is 49.4 Å². The highest BCUT2D eigenvalue weighted by atomic mass is 16.1. The largest absolute Gasteiger partial charge is 0.353 e. The van der Waals surface area contributed by atoms with Gasteiger partial charge in [0, 0.05) is 24.2 Å². The van der Waals surface area contributed by atoms with Crippen molar-refractivity contribution in [3.63, 3.8) is 0 Å². The molecule has 1 N–H and O–H groups in total. The number of hydrogen-bond acceptors (Lipinski definition) is 2. The number of nitrogens with one attached hydrogen (secondary N) is 1. The lowest BCUT2D eigenvalue weighted by atomic mass is 10.1. The fourth-order valence-corrected chi connectivity index (χ4v) is 3.84. The zero-order valence-corrected chi connectivity index (χ0v) is 17.1. The standard InChI is InChI=1S/C26H25N3O/c1-18-7-9-20(10-8-18)26-23(14-16-25(30)27-22-12-13-22)29-17-21(11-15-24(29)28-26)19-5-3-2-4-6-19/h2-11,15,17,22H,12-14,16H2,1H3,(H,27,30). The van der Waals surface area contributed by atoms with Crippen LogP contribution in [0.2, 0.25) is 0 Å².